The van der Waals surface area contributed by atoms with Gasteiger partial charge in [0.25, 0.3) is 0 Å². The van der Waals surface area contributed by atoms with Crippen LogP contribution in [-0.4, -0.2) is 32.7 Å². The maximum absolute atomic E-state index is 11.9. The third kappa shape index (κ3) is 5.67. The van der Waals surface area contributed by atoms with Crippen LogP contribution in [-0.2, 0) is 16.7 Å². The standard InChI is InChI=1S/C16H18ClNO3S/c1-18(13-14-6-5-7-15(17)12-14)10-11-22(19,20)21-16-8-3-2-4-9-16/h2-9,12H,10-11,13H2,1H3. The zero-order valence-electron chi connectivity index (χ0n) is 12.3. The molecule has 118 valence electrons. The van der Waals surface area contributed by atoms with Crippen molar-refractivity contribution in [2.24, 2.45) is 0 Å². The smallest absolute Gasteiger partial charge is 0.310 e. The largest absolute Gasteiger partial charge is 0.382 e. The fourth-order valence-corrected chi connectivity index (χ4v) is 3.19. The first-order valence-corrected chi connectivity index (χ1v) is 8.80. The Balaban J connectivity index is 1.86. The summed E-state index contributed by atoms with van der Waals surface area (Å²) in [7, 11) is -1.74. The van der Waals surface area contributed by atoms with E-state index in [9.17, 15) is 8.42 Å². The molecule has 0 heterocycles. The third-order valence-corrected chi connectivity index (χ3v) is 4.39. The third-order valence-electron chi connectivity index (χ3n) is 3.03. The molecule has 22 heavy (non-hydrogen) atoms. The summed E-state index contributed by atoms with van der Waals surface area (Å²) in [4.78, 5) is 1.91. The Hall–Kier alpha value is -1.56. The lowest BCUT2D eigenvalue weighted by Crippen LogP contribution is -2.27. The molecule has 0 unspecified atom stereocenters. The van der Waals surface area contributed by atoms with Gasteiger partial charge in [0.05, 0.1) is 5.75 Å². The zero-order valence-corrected chi connectivity index (χ0v) is 13.8. The molecule has 0 amide bonds. The molecule has 0 bridgehead atoms. The van der Waals surface area contributed by atoms with Crippen molar-refractivity contribution >= 4 is 21.7 Å². The lowest BCUT2D eigenvalue weighted by atomic mass is 10.2. The Morgan fingerprint density at radius 1 is 1.09 bits per heavy atom. The average Bonchev–Trinajstić information content (AvgIpc) is 2.46. The van der Waals surface area contributed by atoms with E-state index in [1.807, 2.05) is 36.2 Å². The Labute approximate surface area is 136 Å². The van der Waals surface area contributed by atoms with Gasteiger partial charge >= 0.3 is 10.1 Å². The van der Waals surface area contributed by atoms with E-state index in [-0.39, 0.29) is 5.75 Å². The minimum atomic E-state index is -3.60. The molecule has 0 N–H and O–H groups in total. The molecule has 2 aromatic carbocycles. The van der Waals surface area contributed by atoms with Gasteiger partial charge in [-0.1, -0.05) is 41.9 Å². The second-order valence-electron chi connectivity index (χ2n) is 5.03. The summed E-state index contributed by atoms with van der Waals surface area (Å²) in [5, 5.41) is 0.672. The van der Waals surface area contributed by atoms with E-state index in [1.54, 1.807) is 30.3 Å². The van der Waals surface area contributed by atoms with Crippen molar-refractivity contribution in [1.29, 1.82) is 0 Å². The van der Waals surface area contributed by atoms with Crippen molar-refractivity contribution in [2.45, 2.75) is 6.54 Å². The number of nitrogens with zero attached hydrogens (tertiary/aromatic N) is 1. The first-order chi connectivity index (χ1) is 10.4. The van der Waals surface area contributed by atoms with Crippen LogP contribution in [0.5, 0.6) is 5.75 Å². The lowest BCUT2D eigenvalue weighted by Gasteiger charge is -2.17. The number of hydrogen-bond donors (Lipinski definition) is 0. The SMILES string of the molecule is CN(CCS(=O)(=O)Oc1ccccc1)Cc1cccc(Cl)c1. The van der Waals surface area contributed by atoms with E-state index < -0.39 is 10.1 Å². The topological polar surface area (TPSA) is 46.6 Å². The molecule has 0 saturated carbocycles. The van der Waals surface area contributed by atoms with E-state index in [4.69, 9.17) is 15.8 Å². The Kier molecular flexibility index (Phi) is 5.83. The fourth-order valence-electron chi connectivity index (χ4n) is 1.96. The minimum Gasteiger partial charge on any atom is -0.382 e. The van der Waals surface area contributed by atoms with Crippen LogP contribution in [0.3, 0.4) is 0 Å². The first-order valence-electron chi connectivity index (χ1n) is 6.85. The quantitative estimate of drug-likeness (QED) is 0.727. The second-order valence-corrected chi connectivity index (χ2v) is 7.15. The summed E-state index contributed by atoms with van der Waals surface area (Å²) in [6, 6.07) is 16.0. The van der Waals surface area contributed by atoms with Gasteiger partial charge in [-0.15, -0.1) is 0 Å². The highest BCUT2D eigenvalue weighted by atomic mass is 35.5. The van der Waals surface area contributed by atoms with Gasteiger partial charge in [-0.2, -0.15) is 8.42 Å². The van der Waals surface area contributed by atoms with Gasteiger partial charge in [-0.3, -0.25) is 0 Å². The number of hydrogen-bond acceptors (Lipinski definition) is 4. The van der Waals surface area contributed by atoms with E-state index in [2.05, 4.69) is 0 Å². The van der Waals surface area contributed by atoms with E-state index in [1.165, 1.54) is 0 Å². The number of halogens is 1. The highest BCUT2D eigenvalue weighted by Gasteiger charge is 2.14. The molecule has 0 fully saturated rings. The molecule has 0 spiro atoms. The van der Waals surface area contributed by atoms with Gasteiger partial charge in [-0.05, 0) is 36.9 Å². The molecule has 0 aliphatic rings. The first kappa shape index (κ1) is 16.8. The molecule has 0 aliphatic heterocycles. The zero-order chi connectivity index (χ0) is 16.0. The highest BCUT2D eigenvalue weighted by Crippen LogP contribution is 2.13. The van der Waals surface area contributed by atoms with Crippen molar-refractivity contribution in [3.63, 3.8) is 0 Å². The van der Waals surface area contributed by atoms with Gasteiger partial charge in [0.15, 0.2) is 0 Å². The average molecular weight is 340 g/mol. The number of benzene rings is 2. The predicted molar refractivity (Wildman–Crippen MR) is 88.6 cm³/mol. The summed E-state index contributed by atoms with van der Waals surface area (Å²) in [6.07, 6.45) is 0. The van der Waals surface area contributed by atoms with Crippen molar-refractivity contribution in [3.8, 4) is 5.75 Å². The van der Waals surface area contributed by atoms with Crippen LogP contribution < -0.4 is 4.18 Å². The van der Waals surface area contributed by atoms with E-state index in [0.29, 0.717) is 23.9 Å². The number of para-hydroxylation sites is 1. The van der Waals surface area contributed by atoms with Crippen LogP contribution in [0.25, 0.3) is 0 Å². The second kappa shape index (κ2) is 7.63. The maximum atomic E-state index is 11.9. The Morgan fingerprint density at radius 3 is 2.50 bits per heavy atom. The van der Waals surface area contributed by atoms with E-state index in [0.717, 1.165) is 5.56 Å². The monoisotopic (exact) mass is 339 g/mol. The van der Waals surface area contributed by atoms with Gasteiger partial charge in [-0.25, -0.2) is 0 Å². The number of rotatable bonds is 7. The molecule has 0 saturated heterocycles. The molecule has 0 aliphatic carbocycles. The maximum Gasteiger partial charge on any atom is 0.310 e. The molecule has 2 aromatic rings. The fraction of sp³-hybridized carbons (Fsp3) is 0.250. The summed E-state index contributed by atoms with van der Waals surface area (Å²) in [5.41, 5.74) is 1.04. The predicted octanol–water partition coefficient (Wildman–Crippen LogP) is 3.18. The normalized spacial score (nSPS) is 11.6. The molecule has 0 aromatic heterocycles. The molecule has 6 heteroatoms. The molecular weight excluding hydrogens is 322 g/mol. The van der Waals surface area contributed by atoms with Crippen molar-refractivity contribution < 1.29 is 12.6 Å². The molecule has 2 rings (SSSR count). The minimum absolute atomic E-state index is 0.0705. The molecule has 4 nitrogen and oxygen atoms in total. The van der Waals surface area contributed by atoms with Gasteiger partial charge < -0.3 is 9.08 Å². The summed E-state index contributed by atoms with van der Waals surface area (Å²) >= 11 is 5.93. The summed E-state index contributed by atoms with van der Waals surface area (Å²) < 4.78 is 28.9. The molecule has 0 atom stereocenters. The van der Waals surface area contributed by atoms with Crippen LogP contribution in [0.2, 0.25) is 5.02 Å². The Bertz CT molecular complexity index is 704. The van der Waals surface area contributed by atoms with E-state index >= 15 is 0 Å². The summed E-state index contributed by atoms with van der Waals surface area (Å²) in [6.45, 7) is 1.00. The van der Waals surface area contributed by atoms with Crippen LogP contribution in [0.15, 0.2) is 54.6 Å². The molecular formula is C16H18ClNO3S. The van der Waals surface area contributed by atoms with Crippen molar-refractivity contribution in [1.82, 2.24) is 4.90 Å². The van der Waals surface area contributed by atoms with Gasteiger partial charge in [0.2, 0.25) is 0 Å². The summed E-state index contributed by atoms with van der Waals surface area (Å²) in [5.74, 6) is 0.263. The van der Waals surface area contributed by atoms with Crippen molar-refractivity contribution in [2.75, 3.05) is 19.3 Å². The highest BCUT2D eigenvalue weighted by molar-refractivity contribution is 7.87. The van der Waals surface area contributed by atoms with Crippen LogP contribution in [0.4, 0.5) is 0 Å². The van der Waals surface area contributed by atoms with Crippen LogP contribution in [0.1, 0.15) is 5.56 Å². The lowest BCUT2D eigenvalue weighted by molar-refractivity contribution is 0.342. The van der Waals surface area contributed by atoms with Crippen LogP contribution >= 0.6 is 11.6 Å². The Morgan fingerprint density at radius 2 is 1.82 bits per heavy atom. The van der Waals surface area contributed by atoms with Gasteiger partial charge in [0, 0.05) is 18.1 Å². The van der Waals surface area contributed by atoms with Gasteiger partial charge in [0.1, 0.15) is 5.75 Å². The molecule has 0 radical (unpaired) electrons. The van der Waals surface area contributed by atoms with Crippen molar-refractivity contribution in [3.05, 3.63) is 65.2 Å². The van der Waals surface area contributed by atoms with Crippen LogP contribution in [0, 0.1) is 0 Å².